The van der Waals surface area contributed by atoms with Crippen LogP contribution in [0.2, 0.25) is 5.02 Å². The molecule has 5 heteroatoms. The molecule has 2 rings (SSSR count). The average Bonchev–Trinajstić information content (AvgIpc) is 2.43. The van der Waals surface area contributed by atoms with Crippen LogP contribution in [-0.2, 0) is 5.54 Å². The first kappa shape index (κ1) is 13.6. The van der Waals surface area contributed by atoms with Crippen molar-refractivity contribution in [1.29, 1.82) is 0 Å². The zero-order valence-electron chi connectivity index (χ0n) is 10.6. The number of nitrogens with zero attached hydrogens (tertiary/aromatic N) is 1. The summed E-state index contributed by atoms with van der Waals surface area (Å²) in [7, 11) is 0. The summed E-state index contributed by atoms with van der Waals surface area (Å²) in [5.41, 5.74) is 6.40. The molecule has 0 aliphatic rings. The number of hydrogen-bond acceptors (Lipinski definition) is 4. The van der Waals surface area contributed by atoms with E-state index in [1.807, 2.05) is 37.3 Å². The molecule has 4 N–H and O–H groups in total. The number of aliphatic hydroxyl groups excluding tert-OH is 1. The number of hydrogen-bond donors (Lipinski definition) is 3. The molecule has 100 valence electrons. The van der Waals surface area contributed by atoms with E-state index in [-0.39, 0.29) is 6.61 Å². The molecule has 1 aromatic heterocycles. The largest absolute Gasteiger partial charge is 0.397 e. The SMILES string of the molecule is CC(CO)(Nc1ncc(N)cc1Cl)c1ccccc1. The lowest BCUT2D eigenvalue weighted by atomic mass is 9.93. The number of anilines is 2. The molecule has 1 unspecified atom stereocenters. The lowest BCUT2D eigenvalue weighted by Crippen LogP contribution is -2.36. The van der Waals surface area contributed by atoms with E-state index in [4.69, 9.17) is 17.3 Å². The van der Waals surface area contributed by atoms with E-state index in [1.165, 1.54) is 6.20 Å². The smallest absolute Gasteiger partial charge is 0.145 e. The van der Waals surface area contributed by atoms with Gasteiger partial charge in [0.15, 0.2) is 0 Å². The van der Waals surface area contributed by atoms with Gasteiger partial charge in [0.25, 0.3) is 0 Å². The van der Waals surface area contributed by atoms with Crippen LogP contribution in [0.1, 0.15) is 12.5 Å². The molecule has 0 bridgehead atoms. The predicted octanol–water partition coefficient (Wildman–Crippen LogP) is 2.64. The second kappa shape index (κ2) is 5.47. The number of aliphatic hydroxyl groups is 1. The molecule has 2 aromatic rings. The predicted molar refractivity (Wildman–Crippen MR) is 78.2 cm³/mol. The van der Waals surface area contributed by atoms with Gasteiger partial charge in [-0.05, 0) is 18.6 Å². The van der Waals surface area contributed by atoms with Crippen molar-refractivity contribution < 1.29 is 5.11 Å². The fourth-order valence-electron chi connectivity index (χ4n) is 1.82. The average molecular weight is 278 g/mol. The van der Waals surface area contributed by atoms with Crippen LogP contribution in [0.25, 0.3) is 0 Å². The molecule has 1 aromatic carbocycles. The van der Waals surface area contributed by atoms with Gasteiger partial charge >= 0.3 is 0 Å². The van der Waals surface area contributed by atoms with Crippen LogP contribution < -0.4 is 11.1 Å². The Kier molecular flexibility index (Phi) is 3.93. The molecular weight excluding hydrogens is 262 g/mol. The Labute approximate surface area is 117 Å². The first-order valence-electron chi connectivity index (χ1n) is 5.91. The van der Waals surface area contributed by atoms with Gasteiger partial charge in [0.1, 0.15) is 5.82 Å². The van der Waals surface area contributed by atoms with Crippen molar-refractivity contribution in [3.05, 3.63) is 53.2 Å². The number of nitrogens with two attached hydrogens (primary N) is 1. The maximum atomic E-state index is 9.69. The van der Waals surface area contributed by atoms with Crippen molar-refractivity contribution in [2.24, 2.45) is 0 Å². The summed E-state index contributed by atoms with van der Waals surface area (Å²) in [4.78, 5) is 4.16. The molecule has 0 aliphatic carbocycles. The van der Waals surface area contributed by atoms with Crippen LogP contribution in [0.15, 0.2) is 42.6 Å². The molecular formula is C14H16ClN3O. The van der Waals surface area contributed by atoms with Gasteiger partial charge in [-0.1, -0.05) is 41.9 Å². The number of aromatic nitrogens is 1. The normalized spacial score (nSPS) is 13.8. The summed E-state index contributed by atoms with van der Waals surface area (Å²) in [5, 5.41) is 13.3. The van der Waals surface area contributed by atoms with E-state index in [0.717, 1.165) is 5.56 Å². The second-order valence-electron chi connectivity index (χ2n) is 4.58. The van der Waals surface area contributed by atoms with Crippen molar-refractivity contribution in [2.45, 2.75) is 12.5 Å². The van der Waals surface area contributed by atoms with Crippen molar-refractivity contribution in [1.82, 2.24) is 4.98 Å². The van der Waals surface area contributed by atoms with E-state index < -0.39 is 5.54 Å². The minimum absolute atomic E-state index is 0.0839. The van der Waals surface area contributed by atoms with E-state index in [0.29, 0.717) is 16.5 Å². The Balaban J connectivity index is 2.33. The van der Waals surface area contributed by atoms with Crippen LogP contribution >= 0.6 is 11.6 Å². The van der Waals surface area contributed by atoms with Crippen molar-refractivity contribution >= 4 is 23.1 Å². The van der Waals surface area contributed by atoms with Gasteiger partial charge in [0, 0.05) is 0 Å². The third-order valence-corrected chi connectivity index (χ3v) is 3.27. The molecule has 0 amide bonds. The maximum Gasteiger partial charge on any atom is 0.145 e. The highest BCUT2D eigenvalue weighted by atomic mass is 35.5. The highest BCUT2D eigenvalue weighted by molar-refractivity contribution is 6.33. The number of rotatable bonds is 4. The lowest BCUT2D eigenvalue weighted by molar-refractivity contribution is 0.223. The zero-order valence-corrected chi connectivity index (χ0v) is 11.4. The van der Waals surface area contributed by atoms with Gasteiger partial charge in [-0.2, -0.15) is 0 Å². The molecule has 1 heterocycles. The van der Waals surface area contributed by atoms with Gasteiger partial charge in [-0.25, -0.2) is 4.98 Å². The van der Waals surface area contributed by atoms with Gasteiger partial charge < -0.3 is 16.2 Å². The Morgan fingerprint density at radius 1 is 1.37 bits per heavy atom. The van der Waals surface area contributed by atoms with E-state index in [2.05, 4.69) is 10.3 Å². The van der Waals surface area contributed by atoms with Crippen LogP contribution in [-0.4, -0.2) is 16.7 Å². The van der Waals surface area contributed by atoms with Crippen LogP contribution in [0.3, 0.4) is 0 Å². The third-order valence-electron chi connectivity index (χ3n) is 2.98. The Bertz CT molecular complexity index is 562. The molecule has 0 saturated carbocycles. The Morgan fingerprint density at radius 3 is 2.63 bits per heavy atom. The minimum Gasteiger partial charge on any atom is -0.397 e. The first-order valence-corrected chi connectivity index (χ1v) is 6.28. The van der Waals surface area contributed by atoms with E-state index in [1.54, 1.807) is 6.07 Å². The quantitative estimate of drug-likeness (QED) is 0.803. The van der Waals surface area contributed by atoms with Gasteiger partial charge in [0.05, 0.1) is 29.1 Å². The number of nitrogen functional groups attached to an aromatic ring is 1. The molecule has 0 saturated heterocycles. The van der Waals surface area contributed by atoms with E-state index >= 15 is 0 Å². The fraction of sp³-hybridized carbons (Fsp3) is 0.214. The number of benzene rings is 1. The zero-order chi connectivity index (χ0) is 13.9. The van der Waals surface area contributed by atoms with Gasteiger partial charge in [0.2, 0.25) is 0 Å². The summed E-state index contributed by atoms with van der Waals surface area (Å²) in [6, 6.07) is 11.3. The summed E-state index contributed by atoms with van der Waals surface area (Å²) in [6.07, 6.45) is 1.52. The monoisotopic (exact) mass is 277 g/mol. The lowest BCUT2D eigenvalue weighted by Gasteiger charge is -2.30. The van der Waals surface area contributed by atoms with Crippen molar-refractivity contribution in [3.63, 3.8) is 0 Å². The molecule has 0 aliphatic heterocycles. The molecule has 4 nitrogen and oxygen atoms in total. The fourth-order valence-corrected chi connectivity index (χ4v) is 2.04. The minimum atomic E-state index is -0.659. The summed E-state index contributed by atoms with van der Waals surface area (Å²) in [5.74, 6) is 0.497. The molecule has 0 spiro atoms. The molecule has 1 atom stereocenters. The molecule has 19 heavy (non-hydrogen) atoms. The van der Waals surface area contributed by atoms with Gasteiger partial charge in [-0.3, -0.25) is 0 Å². The molecule has 0 fully saturated rings. The third kappa shape index (κ3) is 2.97. The Hall–Kier alpha value is -1.78. The summed E-state index contributed by atoms with van der Waals surface area (Å²) in [6.45, 7) is 1.80. The van der Waals surface area contributed by atoms with Crippen LogP contribution in [0.4, 0.5) is 11.5 Å². The van der Waals surface area contributed by atoms with Crippen molar-refractivity contribution in [3.8, 4) is 0 Å². The second-order valence-corrected chi connectivity index (χ2v) is 4.99. The topological polar surface area (TPSA) is 71.2 Å². The highest BCUT2D eigenvalue weighted by Gasteiger charge is 2.26. The Morgan fingerprint density at radius 2 is 2.05 bits per heavy atom. The number of pyridine rings is 1. The maximum absolute atomic E-state index is 9.69. The van der Waals surface area contributed by atoms with Crippen LogP contribution in [0.5, 0.6) is 0 Å². The summed E-state index contributed by atoms with van der Waals surface area (Å²) < 4.78 is 0. The number of nitrogens with one attached hydrogen (secondary N) is 1. The van der Waals surface area contributed by atoms with Crippen LogP contribution in [0, 0.1) is 0 Å². The van der Waals surface area contributed by atoms with E-state index in [9.17, 15) is 5.11 Å². The standard InChI is InChI=1S/C14H16ClN3O/c1-14(9-19,10-5-3-2-4-6-10)18-13-12(15)7-11(16)8-17-13/h2-8,19H,9,16H2,1H3,(H,17,18). The molecule has 0 radical (unpaired) electrons. The first-order chi connectivity index (χ1) is 9.05. The highest BCUT2D eigenvalue weighted by Crippen LogP contribution is 2.29. The van der Waals surface area contributed by atoms with Gasteiger partial charge in [-0.15, -0.1) is 0 Å². The number of halogens is 1. The van der Waals surface area contributed by atoms with Crippen molar-refractivity contribution in [2.75, 3.05) is 17.7 Å². The summed E-state index contributed by atoms with van der Waals surface area (Å²) >= 11 is 6.09.